The standard InChI is InChI=1S/C18H26N4O7/c1-18(2,3)29-17(26)22-19-12-20-28-10-9-14(15(23)24)21-16(25)27-11-13-7-5-4-6-8-13/h4-8,12,14H,9-11H2,1-3H3,(H,19,20)(H,21,25)(H,22,26)(H,23,24). The quantitative estimate of drug-likeness (QED) is 0.197. The van der Waals surface area contributed by atoms with Gasteiger partial charge in [0, 0.05) is 6.42 Å². The maximum Gasteiger partial charge on any atom is 0.428 e. The average molecular weight is 410 g/mol. The maximum atomic E-state index is 11.7. The summed E-state index contributed by atoms with van der Waals surface area (Å²) in [4.78, 5) is 39.3. The van der Waals surface area contributed by atoms with Gasteiger partial charge >= 0.3 is 18.2 Å². The van der Waals surface area contributed by atoms with Gasteiger partial charge in [0.1, 0.15) is 24.6 Å². The molecule has 29 heavy (non-hydrogen) atoms. The number of ether oxygens (including phenoxy) is 2. The van der Waals surface area contributed by atoms with Gasteiger partial charge in [-0.15, -0.1) is 0 Å². The highest BCUT2D eigenvalue weighted by Crippen LogP contribution is 2.06. The van der Waals surface area contributed by atoms with E-state index < -0.39 is 29.8 Å². The second-order valence-electron chi connectivity index (χ2n) is 6.72. The van der Waals surface area contributed by atoms with Crippen LogP contribution in [0.2, 0.25) is 0 Å². The summed E-state index contributed by atoms with van der Waals surface area (Å²) in [6.07, 6.45) is -0.575. The first-order chi connectivity index (χ1) is 13.7. The molecular weight excluding hydrogens is 384 g/mol. The van der Waals surface area contributed by atoms with E-state index in [1.54, 1.807) is 45.0 Å². The number of carbonyl (C=O) groups is 3. The summed E-state index contributed by atoms with van der Waals surface area (Å²) in [6, 6.07) is 7.79. The van der Waals surface area contributed by atoms with Crippen molar-refractivity contribution in [3.05, 3.63) is 35.9 Å². The van der Waals surface area contributed by atoms with Gasteiger partial charge in [-0.25, -0.2) is 19.8 Å². The summed E-state index contributed by atoms with van der Waals surface area (Å²) in [5.74, 6) is -1.23. The Hall–Kier alpha value is -3.34. The van der Waals surface area contributed by atoms with Crippen molar-refractivity contribution >= 4 is 24.5 Å². The number of carboxylic acids is 1. The molecular formula is C18H26N4O7. The molecule has 1 atom stereocenters. The van der Waals surface area contributed by atoms with E-state index in [0.717, 1.165) is 11.9 Å². The van der Waals surface area contributed by atoms with Crippen LogP contribution in [0.25, 0.3) is 0 Å². The smallest absolute Gasteiger partial charge is 0.428 e. The van der Waals surface area contributed by atoms with Crippen molar-refractivity contribution in [2.75, 3.05) is 6.61 Å². The van der Waals surface area contributed by atoms with Gasteiger partial charge in [0.2, 0.25) is 0 Å². The van der Waals surface area contributed by atoms with Gasteiger partial charge in [-0.3, -0.25) is 10.3 Å². The van der Waals surface area contributed by atoms with Gasteiger partial charge < -0.3 is 19.9 Å². The molecule has 0 radical (unpaired) electrons. The third-order valence-corrected chi connectivity index (χ3v) is 3.07. The Kier molecular flexibility index (Phi) is 9.96. The maximum absolute atomic E-state index is 11.7. The SMILES string of the molecule is CC(C)(C)OC(=O)NN=CNOCCC(NC(=O)OCc1ccccc1)C(=O)O. The second kappa shape index (κ2) is 12.2. The Labute approximate surface area is 168 Å². The number of benzene rings is 1. The highest BCUT2D eigenvalue weighted by molar-refractivity contribution is 5.79. The highest BCUT2D eigenvalue weighted by Gasteiger charge is 2.20. The molecule has 0 saturated heterocycles. The zero-order valence-corrected chi connectivity index (χ0v) is 16.5. The van der Waals surface area contributed by atoms with Crippen LogP contribution in [0.5, 0.6) is 0 Å². The molecule has 11 nitrogen and oxygen atoms in total. The van der Waals surface area contributed by atoms with Crippen LogP contribution in [0.1, 0.15) is 32.8 Å². The molecule has 1 rings (SSSR count). The number of nitrogens with one attached hydrogen (secondary N) is 3. The van der Waals surface area contributed by atoms with Gasteiger partial charge in [-0.1, -0.05) is 30.3 Å². The minimum atomic E-state index is -1.23. The van der Waals surface area contributed by atoms with Gasteiger partial charge in [0.05, 0.1) is 6.61 Å². The number of hydrogen-bond donors (Lipinski definition) is 4. The molecule has 1 unspecified atom stereocenters. The number of hydrogen-bond acceptors (Lipinski definition) is 7. The number of hydroxylamine groups is 1. The molecule has 160 valence electrons. The van der Waals surface area contributed by atoms with Crippen molar-refractivity contribution in [2.45, 2.75) is 45.4 Å². The largest absolute Gasteiger partial charge is 0.480 e. The van der Waals surface area contributed by atoms with Crippen molar-refractivity contribution in [3.8, 4) is 0 Å². The van der Waals surface area contributed by atoms with E-state index in [9.17, 15) is 14.4 Å². The lowest BCUT2D eigenvalue weighted by Crippen LogP contribution is -2.42. The van der Waals surface area contributed by atoms with Gasteiger partial charge in [-0.2, -0.15) is 5.10 Å². The summed E-state index contributed by atoms with van der Waals surface area (Å²) < 4.78 is 9.94. The van der Waals surface area contributed by atoms with Crippen molar-refractivity contribution in [2.24, 2.45) is 5.10 Å². The van der Waals surface area contributed by atoms with Gasteiger partial charge in [-0.05, 0) is 26.3 Å². The second-order valence-corrected chi connectivity index (χ2v) is 6.72. The van der Waals surface area contributed by atoms with E-state index in [2.05, 4.69) is 21.3 Å². The van der Waals surface area contributed by atoms with Crippen LogP contribution in [0.15, 0.2) is 35.4 Å². The van der Waals surface area contributed by atoms with Crippen LogP contribution < -0.4 is 16.2 Å². The number of aliphatic carboxylic acids is 1. The molecule has 1 aromatic carbocycles. The van der Waals surface area contributed by atoms with Crippen LogP contribution in [0, 0.1) is 0 Å². The molecule has 1 aromatic rings. The van der Waals surface area contributed by atoms with E-state index in [1.807, 2.05) is 6.07 Å². The fourth-order valence-electron chi connectivity index (χ4n) is 1.85. The minimum Gasteiger partial charge on any atom is -0.480 e. The van der Waals surface area contributed by atoms with Crippen LogP contribution in [0.4, 0.5) is 9.59 Å². The van der Waals surface area contributed by atoms with Crippen LogP contribution >= 0.6 is 0 Å². The number of alkyl carbamates (subject to hydrolysis) is 1. The van der Waals surface area contributed by atoms with E-state index >= 15 is 0 Å². The first-order valence-electron chi connectivity index (χ1n) is 8.75. The van der Waals surface area contributed by atoms with Crippen molar-refractivity contribution in [1.29, 1.82) is 0 Å². The Morgan fingerprint density at radius 3 is 2.48 bits per heavy atom. The number of amides is 2. The minimum absolute atomic E-state index is 0.0260. The fourth-order valence-corrected chi connectivity index (χ4v) is 1.85. The average Bonchev–Trinajstić information content (AvgIpc) is 2.64. The number of rotatable bonds is 10. The third-order valence-electron chi connectivity index (χ3n) is 3.07. The monoisotopic (exact) mass is 410 g/mol. The van der Waals surface area contributed by atoms with E-state index in [0.29, 0.717) is 0 Å². The van der Waals surface area contributed by atoms with Crippen LogP contribution in [-0.4, -0.2) is 47.9 Å². The van der Waals surface area contributed by atoms with Crippen LogP contribution in [-0.2, 0) is 25.7 Å². The topological polar surface area (TPSA) is 148 Å². The fraction of sp³-hybridized carbons (Fsp3) is 0.444. The van der Waals surface area contributed by atoms with Gasteiger partial charge in [0.25, 0.3) is 0 Å². The molecule has 0 saturated carbocycles. The number of nitrogens with zero attached hydrogens (tertiary/aromatic N) is 1. The molecule has 0 aliphatic rings. The normalized spacial score (nSPS) is 12.1. The highest BCUT2D eigenvalue weighted by atomic mass is 16.6. The van der Waals surface area contributed by atoms with E-state index in [4.69, 9.17) is 19.4 Å². The molecule has 0 fully saturated rings. The summed E-state index contributed by atoms with van der Waals surface area (Å²) >= 11 is 0. The molecule has 0 aromatic heterocycles. The Bertz CT molecular complexity index is 689. The molecule has 0 aliphatic heterocycles. The summed E-state index contributed by atoms with van der Waals surface area (Å²) in [5.41, 5.74) is 4.54. The van der Waals surface area contributed by atoms with Crippen LogP contribution in [0.3, 0.4) is 0 Å². The first kappa shape index (κ1) is 23.7. The number of carboxylic acid groups (broad SMARTS) is 1. The molecule has 0 heterocycles. The first-order valence-corrected chi connectivity index (χ1v) is 8.75. The Balaban J connectivity index is 2.23. The van der Waals surface area contributed by atoms with E-state index in [1.165, 1.54) is 0 Å². The lowest BCUT2D eigenvalue weighted by atomic mass is 10.2. The third kappa shape index (κ3) is 11.9. The summed E-state index contributed by atoms with van der Waals surface area (Å²) in [5, 5.41) is 14.9. The lowest BCUT2D eigenvalue weighted by molar-refractivity contribution is -0.140. The van der Waals surface area contributed by atoms with Gasteiger partial charge in [0.15, 0.2) is 0 Å². The molecule has 0 spiro atoms. The zero-order chi connectivity index (χ0) is 21.7. The number of carbonyl (C=O) groups excluding carboxylic acids is 2. The van der Waals surface area contributed by atoms with Crippen molar-refractivity contribution < 1.29 is 33.8 Å². The van der Waals surface area contributed by atoms with Crippen molar-refractivity contribution in [3.63, 3.8) is 0 Å². The molecule has 4 N–H and O–H groups in total. The molecule has 2 amide bonds. The molecule has 11 heteroatoms. The van der Waals surface area contributed by atoms with Crippen molar-refractivity contribution in [1.82, 2.24) is 16.2 Å². The lowest BCUT2D eigenvalue weighted by Gasteiger charge is -2.18. The predicted molar refractivity (Wildman–Crippen MR) is 103 cm³/mol. The molecule has 0 bridgehead atoms. The predicted octanol–water partition coefficient (Wildman–Crippen LogP) is 1.75. The molecule has 0 aliphatic carbocycles. The Morgan fingerprint density at radius 1 is 1.17 bits per heavy atom. The summed E-state index contributed by atoms with van der Waals surface area (Å²) in [6.45, 7) is 5.10. The van der Waals surface area contributed by atoms with E-state index in [-0.39, 0.29) is 19.6 Å². The number of hydrazone groups is 1. The Morgan fingerprint density at radius 2 is 1.86 bits per heavy atom. The zero-order valence-electron chi connectivity index (χ0n) is 16.5. The summed E-state index contributed by atoms with van der Waals surface area (Å²) in [7, 11) is 0.